The van der Waals surface area contributed by atoms with Gasteiger partial charge in [0.05, 0.1) is 11.4 Å². The predicted molar refractivity (Wildman–Crippen MR) is 63.5 cm³/mol. The molecule has 6 heteroatoms. The maximum Gasteiger partial charge on any atom is 0.218 e. The van der Waals surface area contributed by atoms with Gasteiger partial charge in [0.1, 0.15) is 6.07 Å². The number of nitrogen functional groups attached to an aromatic ring is 1. The number of nitrogens with two attached hydrogens (primary N) is 1. The van der Waals surface area contributed by atoms with Crippen LogP contribution in [0.15, 0.2) is 12.4 Å². The van der Waals surface area contributed by atoms with Crippen molar-refractivity contribution in [1.82, 2.24) is 19.3 Å². The summed E-state index contributed by atoms with van der Waals surface area (Å²) in [5.74, 6) is 1.00. The van der Waals surface area contributed by atoms with Crippen LogP contribution in [0, 0.1) is 11.3 Å². The van der Waals surface area contributed by atoms with Gasteiger partial charge in [0.15, 0.2) is 5.82 Å². The number of hydrogen-bond acceptors (Lipinski definition) is 4. The molecule has 2 rings (SSSR count). The predicted octanol–water partition coefficient (Wildman–Crippen LogP) is 1.01. The van der Waals surface area contributed by atoms with Crippen LogP contribution in [0.3, 0.4) is 0 Å². The molecule has 0 bridgehead atoms. The van der Waals surface area contributed by atoms with Crippen molar-refractivity contribution in [2.75, 3.05) is 5.73 Å². The van der Waals surface area contributed by atoms with E-state index < -0.39 is 0 Å². The lowest BCUT2D eigenvalue weighted by atomic mass is 10.2. The highest BCUT2D eigenvalue weighted by Gasteiger charge is 2.16. The summed E-state index contributed by atoms with van der Waals surface area (Å²) in [6.07, 6.45) is 5.10. The van der Waals surface area contributed by atoms with Gasteiger partial charge in [0, 0.05) is 19.4 Å². The van der Waals surface area contributed by atoms with Gasteiger partial charge in [-0.3, -0.25) is 4.57 Å². The highest BCUT2D eigenvalue weighted by Crippen LogP contribution is 2.22. The van der Waals surface area contributed by atoms with Gasteiger partial charge in [-0.25, -0.2) is 9.67 Å². The Morgan fingerprint density at radius 1 is 1.53 bits per heavy atom. The second kappa shape index (κ2) is 4.29. The highest BCUT2D eigenvalue weighted by atomic mass is 15.3. The third-order valence-corrected chi connectivity index (χ3v) is 2.58. The monoisotopic (exact) mass is 230 g/mol. The third kappa shape index (κ3) is 1.76. The molecule has 0 aromatic carbocycles. The molecule has 0 amide bonds. The molecular weight excluding hydrogens is 216 g/mol. The van der Waals surface area contributed by atoms with E-state index in [-0.39, 0.29) is 0 Å². The van der Waals surface area contributed by atoms with E-state index in [0.717, 1.165) is 18.5 Å². The van der Waals surface area contributed by atoms with Crippen molar-refractivity contribution in [3.8, 4) is 11.9 Å². The van der Waals surface area contributed by atoms with E-state index in [1.54, 1.807) is 21.6 Å². The first-order valence-corrected chi connectivity index (χ1v) is 5.44. The SMILES string of the molecule is CCCc1nn(C)c(-n2ccnc2C#N)c1N. The quantitative estimate of drug-likeness (QED) is 0.852. The van der Waals surface area contributed by atoms with E-state index in [1.165, 1.54) is 0 Å². The van der Waals surface area contributed by atoms with E-state index >= 15 is 0 Å². The van der Waals surface area contributed by atoms with Crippen LogP contribution >= 0.6 is 0 Å². The van der Waals surface area contributed by atoms with Crippen molar-refractivity contribution < 1.29 is 0 Å². The first-order valence-electron chi connectivity index (χ1n) is 5.44. The highest BCUT2D eigenvalue weighted by molar-refractivity contribution is 5.58. The van der Waals surface area contributed by atoms with Crippen molar-refractivity contribution >= 4 is 5.69 Å². The zero-order valence-corrected chi connectivity index (χ0v) is 9.88. The van der Waals surface area contributed by atoms with Crippen molar-refractivity contribution in [1.29, 1.82) is 5.26 Å². The average Bonchev–Trinajstić information content (AvgIpc) is 2.85. The van der Waals surface area contributed by atoms with Crippen molar-refractivity contribution in [3.05, 3.63) is 23.9 Å². The van der Waals surface area contributed by atoms with E-state index in [4.69, 9.17) is 11.0 Å². The zero-order chi connectivity index (χ0) is 12.4. The summed E-state index contributed by atoms with van der Waals surface area (Å²) >= 11 is 0. The van der Waals surface area contributed by atoms with Crippen molar-refractivity contribution in [2.24, 2.45) is 7.05 Å². The lowest BCUT2D eigenvalue weighted by molar-refractivity contribution is 0.706. The van der Waals surface area contributed by atoms with E-state index in [1.807, 2.05) is 13.1 Å². The Morgan fingerprint density at radius 2 is 2.29 bits per heavy atom. The van der Waals surface area contributed by atoms with Crippen LogP contribution in [0.1, 0.15) is 24.9 Å². The van der Waals surface area contributed by atoms with Gasteiger partial charge in [-0.05, 0) is 6.42 Å². The molecule has 0 fully saturated rings. The second-order valence-corrected chi connectivity index (χ2v) is 3.79. The Morgan fingerprint density at radius 3 is 2.94 bits per heavy atom. The topological polar surface area (TPSA) is 85.5 Å². The molecule has 0 spiro atoms. The molecule has 0 aliphatic rings. The van der Waals surface area contributed by atoms with E-state index in [2.05, 4.69) is 17.0 Å². The first kappa shape index (κ1) is 11.2. The van der Waals surface area contributed by atoms with Gasteiger partial charge >= 0.3 is 0 Å². The van der Waals surface area contributed by atoms with Gasteiger partial charge in [-0.2, -0.15) is 10.4 Å². The Bertz CT molecular complexity index is 571. The fraction of sp³-hybridized carbons (Fsp3) is 0.364. The maximum absolute atomic E-state index is 8.96. The molecule has 2 N–H and O–H groups in total. The molecule has 0 saturated heterocycles. The number of nitriles is 1. The molecule has 2 heterocycles. The molecule has 0 unspecified atom stereocenters. The molecule has 2 aromatic rings. The smallest absolute Gasteiger partial charge is 0.218 e. The average molecular weight is 230 g/mol. The number of aromatic nitrogens is 4. The summed E-state index contributed by atoms with van der Waals surface area (Å²) in [6.45, 7) is 2.08. The lowest BCUT2D eigenvalue weighted by Crippen LogP contribution is -2.06. The minimum atomic E-state index is 0.308. The number of anilines is 1. The Labute approximate surface area is 99.3 Å². The molecule has 2 aromatic heterocycles. The molecule has 0 radical (unpaired) electrons. The van der Waals surface area contributed by atoms with Crippen LogP contribution in [0.4, 0.5) is 5.69 Å². The first-order chi connectivity index (χ1) is 8.19. The molecule has 0 saturated carbocycles. The van der Waals surface area contributed by atoms with Crippen molar-refractivity contribution in [2.45, 2.75) is 19.8 Å². The Kier molecular flexibility index (Phi) is 2.83. The lowest BCUT2D eigenvalue weighted by Gasteiger charge is -2.04. The summed E-state index contributed by atoms with van der Waals surface area (Å²) in [6, 6.07) is 2.02. The Balaban J connectivity index is 2.57. The summed E-state index contributed by atoms with van der Waals surface area (Å²) in [7, 11) is 1.81. The maximum atomic E-state index is 8.96. The molecule has 17 heavy (non-hydrogen) atoms. The Hall–Kier alpha value is -2.29. The standard InChI is InChI=1S/C11H14N6/c1-3-4-8-10(13)11(16(2)15-8)17-6-5-14-9(17)7-12/h5-6H,3-4,13H2,1-2H3. The normalized spacial score (nSPS) is 10.4. The van der Waals surface area contributed by atoms with Crippen molar-refractivity contribution in [3.63, 3.8) is 0 Å². The molecule has 6 nitrogen and oxygen atoms in total. The summed E-state index contributed by atoms with van der Waals surface area (Å²) in [5, 5.41) is 13.3. The fourth-order valence-electron chi connectivity index (χ4n) is 1.85. The molecule has 0 atom stereocenters. The molecule has 0 aliphatic heterocycles. The van der Waals surface area contributed by atoms with Crippen LogP contribution in [-0.2, 0) is 13.5 Å². The van der Waals surface area contributed by atoms with E-state index in [9.17, 15) is 0 Å². The van der Waals surface area contributed by atoms with Crippen LogP contribution < -0.4 is 5.73 Å². The molecular formula is C11H14N6. The number of rotatable bonds is 3. The van der Waals surface area contributed by atoms with Gasteiger partial charge in [0.2, 0.25) is 5.82 Å². The third-order valence-electron chi connectivity index (χ3n) is 2.58. The van der Waals surface area contributed by atoms with Gasteiger partial charge in [-0.15, -0.1) is 0 Å². The minimum Gasteiger partial charge on any atom is -0.394 e. The summed E-state index contributed by atoms with van der Waals surface area (Å²) in [5.41, 5.74) is 7.54. The summed E-state index contributed by atoms with van der Waals surface area (Å²) < 4.78 is 3.34. The minimum absolute atomic E-state index is 0.308. The fourth-order valence-corrected chi connectivity index (χ4v) is 1.85. The van der Waals surface area contributed by atoms with Crippen LogP contribution in [-0.4, -0.2) is 19.3 Å². The summed E-state index contributed by atoms with van der Waals surface area (Å²) in [4.78, 5) is 3.95. The zero-order valence-electron chi connectivity index (χ0n) is 9.88. The second-order valence-electron chi connectivity index (χ2n) is 3.79. The number of imidazole rings is 1. The van der Waals surface area contributed by atoms with Crippen LogP contribution in [0.5, 0.6) is 0 Å². The number of aryl methyl sites for hydroxylation is 2. The number of nitrogens with zero attached hydrogens (tertiary/aromatic N) is 5. The molecule has 88 valence electrons. The molecule has 0 aliphatic carbocycles. The van der Waals surface area contributed by atoms with Gasteiger partial charge < -0.3 is 5.73 Å². The largest absolute Gasteiger partial charge is 0.394 e. The van der Waals surface area contributed by atoms with E-state index in [0.29, 0.717) is 17.3 Å². The van der Waals surface area contributed by atoms with Gasteiger partial charge in [0.25, 0.3) is 0 Å². The van der Waals surface area contributed by atoms with Crippen LogP contribution in [0.2, 0.25) is 0 Å². The van der Waals surface area contributed by atoms with Gasteiger partial charge in [-0.1, -0.05) is 13.3 Å². The van der Waals surface area contributed by atoms with Crippen LogP contribution in [0.25, 0.3) is 5.82 Å². The number of hydrogen-bond donors (Lipinski definition) is 1.